The molecule has 7 heteroatoms. The van der Waals surface area contributed by atoms with Gasteiger partial charge in [-0.1, -0.05) is 6.07 Å². The quantitative estimate of drug-likeness (QED) is 0.437. The standard InChI is InChI=1S/C25H26F2N4O/c1-15-23-24(30-29-15)19-12-17-5-2-3-6-18(17)13-22(19)31(25(23)32)10-4-9-28-14-16-7-8-20(26)21(27)11-16/h7-8,11-13,28H,2-6,9-10,14H2,1H3,(H,29,30). The van der Waals surface area contributed by atoms with E-state index in [9.17, 15) is 13.6 Å². The summed E-state index contributed by atoms with van der Waals surface area (Å²) >= 11 is 0. The summed E-state index contributed by atoms with van der Waals surface area (Å²) in [5.41, 5.74) is 5.85. The highest BCUT2D eigenvalue weighted by Gasteiger charge is 2.18. The zero-order valence-electron chi connectivity index (χ0n) is 18.1. The fraction of sp³-hybridized carbons (Fsp3) is 0.360. The highest BCUT2D eigenvalue weighted by molar-refractivity contribution is 6.04. The van der Waals surface area contributed by atoms with Gasteiger partial charge in [-0.15, -0.1) is 0 Å². The van der Waals surface area contributed by atoms with Gasteiger partial charge in [-0.05, 0) is 86.5 Å². The summed E-state index contributed by atoms with van der Waals surface area (Å²) in [6.45, 7) is 3.55. The molecule has 0 saturated carbocycles. The highest BCUT2D eigenvalue weighted by atomic mass is 19.2. The van der Waals surface area contributed by atoms with Crippen LogP contribution >= 0.6 is 0 Å². The van der Waals surface area contributed by atoms with Crippen LogP contribution in [-0.2, 0) is 25.9 Å². The van der Waals surface area contributed by atoms with E-state index in [0.29, 0.717) is 30.6 Å². The number of aromatic amines is 1. The maximum atomic E-state index is 13.4. The molecule has 5 rings (SSSR count). The van der Waals surface area contributed by atoms with Gasteiger partial charge in [0.25, 0.3) is 5.56 Å². The lowest BCUT2D eigenvalue weighted by atomic mass is 9.90. The predicted octanol–water partition coefficient (Wildman–Crippen LogP) is 4.52. The summed E-state index contributed by atoms with van der Waals surface area (Å²) in [7, 11) is 0. The van der Waals surface area contributed by atoms with Gasteiger partial charge in [-0.3, -0.25) is 9.89 Å². The Bertz CT molecular complexity index is 1370. The molecule has 2 N–H and O–H groups in total. The lowest BCUT2D eigenvalue weighted by Gasteiger charge is -2.19. The Kier molecular flexibility index (Phi) is 5.51. The van der Waals surface area contributed by atoms with Gasteiger partial charge in [-0.25, -0.2) is 8.78 Å². The zero-order valence-corrected chi connectivity index (χ0v) is 18.1. The van der Waals surface area contributed by atoms with E-state index < -0.39 is 11.6 Å². The largest absolute Gasteiger partial charge is 0.313 e. The van der Waals surface area contributed by atoms with Gasteiger partial charge in [0.1, 0.15) is 5.52 Å². The van der Waals surface area contributed by atoms with Crippen molar-refractivity contribution in [3.63, 3.8) is 0 Å². The van der Waals surface area contributed by atoms with Crippen LogP contribution in [0.5, 0.6) is 0 Å². The smallest absolute Gasteiger partial charge is 0.262 e. The summed E-state index contributed by atoms with van der Waals surface area (Å²) in [5.74, 6) is -1.68. The van der Waals surface area contributed by atoms with Gasteiger partial charge in [0, 0.05) is 24.2 Å². The minimum absolute atomic E-state index is 0.0184. The topological polar surface area (TPSA) is 62.7 Å². The van der Waals surface area contributed by atoms with E-state index in [-0.39, 0.29) is 5.56 Å². The third-order valence-corrected chi connectivity index (χ3v) is 6.46. The summed E-state index contributed by atoms with van der Waals surface area (Å²) in [4.78, 5) is 13.4. The first kappa shape index (κ1) is 20.8. The summed E-state index contributed by atoms with van der Waals surface area (Å²) in [6.07, 6.45) is 5.24. The van der Waals surface area contributed by atoms with Crippen molar-refractivity contribution >= 4 is 21.8 Å². The van der Waals surface area contributed by atoms with Crippen molar-refractivity contribution in [2.45, 2.75) is 52.1 Å². The highest BCUT2D eigenvalue weighted by Crippen LogP contribution is 2.30. The SMILES string of the molecule is Cc1[nH]nc2c1c(=O)n(CCCNCc1ccc(F)c(F)c1)c1cc3c(cc21)CCCC3. The van der Waals surface area contributed by atoms with Crippen molar-refractivity contribution < 1.29 is 8.78 Å². The first-order chi connectivity index (χ1) is 15.5. The second kappa shape index (κ2) is 8.47. The second-order valence-corrected chi connectivity index (χ2v) is 8.65. The molecule has 2 heterocycles. The van der Waals surface area contributed by atoms with Crippen molar-refractivity contribution in [3.05, 3.63) is 74.7 Å². The molecule has 5 nitrogen and oxygen atoms in total. The Morgan fingerprint density at radius 2 is 1.88 bits per heavy atom. The maximum absolute atomic E-state index is 13.4. The molecule has 0 radical (unpaired) electrons. The van der Waals surface area contributed by atoms with Gasteiger partial charge in [0.15, 0.2) is 11.6 Å². The first-order valence-corrected chi connectivity index (χ1v) is 11.2. The predicted molar refractivity (Wildman–Crippen MR) is 122 cm³/mol. The molecule has 1 aliphatic rings. The number of pyridine rings is 1. The minimum Gasteiger partial charge on any atom is -0.313 e. The Hall–Kier alpha value is -3.06. The maximum Gasteiger partial charge on any atom is 0.262 e. The average molecular weight is 437 g/mol. The molecule has 0 fully saturated rings. The number of fused-ring (bicyclic) bond motifs is 4. The number of nitrogens with zero attached hydrogens (tertiary/aromatic N) is 2. The van der Waals surface area contributed by atoms with Crippen LogP contribution < -0.4 is 10.9 Å². The molecule has 32 heavy (non-hydrogen) atoms. The van der Waals surface area contributed by atoms with E-state index in [1.165, 1.54) is 30.0 Å². The number of H-pyrrole nitrogens is 1. The molecule has 0 unspecified atom stereocenters. The molecule has 0 atom stereocenters. The van der Waals surface area contributed by atoms with Crippen LogP contribution in [0.2, 0.25) is 0 Å². The molecule has 166 valence electrons. The van der Waals surface area contributed by atoms with E-state index in [1.807, 2.05) is 11.5 Å². The number of rotatable bonds is 6. The fourth-order valence-electron chi connectivity index (χ4n) is 4.78. The van der Waals surface area contributed by atoms with Gasteiger partial charge in [0.2, 0.25) is 0 Å². The van der Waals surface area contributed by atoms with Gasteiger partial charge in [-0.2, -0.15) is 5.10 Å². The molecule has 0 bridgehead atoms. The van der Waals surface area contributed by atoms with Crippen molar-refractivity contribution in [3.8, 4) is 0 Å². The van der Waals surface area contributed by atoms with Gasteiger partial charge < -0.3 is 9.88 Å². The van der Waals surface area contributed by atoms with Crippen LogP contribution in [0, 0.1) is 18.6 Å². The molecular weight excluding hydrogens is 410 g/mol. The molecule has 0 saturated heterocycles. The zero-order chi connectivity index (χ0) is 22.2. The molecule has 4 aromatic rings. The van der Waals surface area contributed by atoms with Gasteiger partial charge in [0.05, 0.1) is 10.9 Å². The number of benzene rings is 2. The third-order valence-electron chi connectivity index (χ3n) is 6.46. The number of aryl methyl sites for hydroxylation is 4. The van der Waals surface area contributed by atoms with Crippen LogP contribution in [0.25, 0.3) is 21.8 Å². The molecule has 0 amide bonds. The fourth-order valence-corrected chi connectivity index (χ4v) is 4.78. The summed E-state index contributed by atoms with van der Waals surface area (Å²) in [5, 5.41) is 12.4. The van der Waals surface area contributed by atoms with E-state index in [2.05, 4.69) is 27.6 Å². The molecule has 2 aromatic heterocycles. The van der Waals surface area contributed by atoms with Crippen molar-refractivity contribution in [2.24, 2.45) is 0 Å². The third kappa shape index (κ3) is 3.71. The normalized spacial score (nSPS) is 13.7. The monoisotopic (exact) mass is 436 g/mol. The van der Waals surface area contributed by atoms with E-state index in [4.69, 9.17) is 0 Å². The number of hydrogen-bond acceptors (Lipinski definition) is 3. The van der Waals surface area contributed by atoms with Crippen molar-refractivity contribution in [1.29, 1.82) is 0 Å². The lowest BCUT2D eigenvalue weighted by Crippen LogP contribution is -2.24. The van der Waals surface area contributed by atoms with Crippen LogP contribution in [0.1, 0.15) is 41.6 Å². The molecule has 0 spiro atoms. The van der Waals surface area contributed by atoms with Crippen LogP contribution in [0.4, 0.5) is 8.78 Å². The second-order valence-electron chi connectivity index (χ2n) is 8.65. The van der Waals surface area contributed by atoms with E-state index in [0.717, 1.165) is 47.4 Å². The van der Waals surface area contributed by atoms with Crippen molar-refractivity contribution in [2.75, 3.05) is 6.54 Å². The molecule has 0 aliphatic heterocycles. The van der Waals surface area contributed by atoms with Crippen LogP contribution in [0.15, 0.2) is 35.1 Å². The molecule has 1 aliphatic carbocycles. The average Bonchev–Trinajstić information content (AvgIpc) is 3.18. The van der Waals surface area contributed by atoms with E-state index >= 15 is 0 Å². The van der Waals surface area contributed by atoms with Crippen LogP contribution in [-0.4, -0.2) is 21.3 Å². The number of hydrogen-bond donors (Lipinski definition) is 2. The van der Waals surface area contributed by atoms with Gasteiger partial charge >= 0.3 is 0 Å². The Balaban J connectivity index is 1.40. The molecule has 2 aromatic carbocycles. The Morgan fingerprint density at radius 1 is 1.09 bits per heavy atom. The Morgan fingerprint density at radius 3 is 2.66 bits per heavy atom. The Labute approximate surface area is 184 Å². The molecular formula is C25H26F2N4O. The minimum atomic E-state index is -0.841. The number of aromatic nitrogens is 3. The number of nitrogens with one attached hydrogen (secondary N) is 2. The van der Waals surface area contributed by atoms with Crippen molar-refractivity contribution in [1.82, 2.24) is 20.1 Å². The van der Waals surface area contributed by atoms with Crippen LogP contribution in [0.3, 0.4) is 0 Å². The summed E-state index contributed by atoms with van der Waals surface area (Å²) < 4.78 is 28.3. The number of halogens is 2. The lowest BCUT2D eigenvalue weighted by molar-refractivity contribution is 0.505. The summed E-state index contributed by atoms with van der Waals surface area (Å²) in [6, 6.07) is 8.33. The first-order valence-electron chi connectivity index (χ1n) is 11.2. The van der Waals surface area contributed by atoms with E-state index in [1.54, 1.807) is 6.07 Å².